The third-order valence-corrected chi connectivity index (χ3v) is 5.66. The van der Waals surface area contributed by atoms with Crippen molar-refractivity contribution < 1.29 is 0 Å². The Balaban J connectivity index is 0.00000126. The largest absolute Gasteiger partial charge is 0.289 e. The fourth-order valence-corrected chi connectivity index (χ4v) is 3.85. The van der Waals surface area contributed by atoms with E-state index in [1.54, 1.807) is 0 Å². The number of nitrogens with one attached hydrogen (secondary N) is 1. The number of nitrogens with zero attached hydrogens (tertiary/aromatic N) is 2. The van der Waals surface area contributed by atoms with E-state index in [2.05, 4.69) is 82.3 Å². The summed E-state index contributed by atoms with van der Waals surface area (Å²) in [4.78, 5) is 4.99. The minimum atomic E-state index is 0.384. The highest BCUT2D eigenvalue weighted by atomic mass is 15.5. The summed E-state index contributed by atoms with van der Waals surface area (Å²) < 4.78 is 0. The average molecular weight is 370 g/mol. The lowest BCUT2D eigenvalue weighted by Gasteiger charge is -2.35. The Bertz CT molecular complexity index is 735. The zero-order valence-electron chi connectivity index (χ0n) is 18.6. The summed E-state index contributed by atoms with van der Waals surface area (Å²) in [7, 11) is 0. The molecule has 1 aliphatic carbocycles. The normalized spacial score (nSPS) is 18.8. The van der Waals surface area contributed by atoms with Crippen molar-refractivity contribution in [1.29, 1.82) is 0 Å². The van der Waals surface area contributed by atoms with E-state index in [0.717, 1.165) is 23.7 Å². The van der Waals surface area contributed by atoms with Crippen molar-refractivity contribution in [3.8, 4) is 0 Å². The Hall–Kier alpha value is -1.61. The van der Waals surface area contributed by atoms with Gasteiger partial charge in [-0.3, -0.25) is 5.01 Å². The number of rotatable bonds is 7. The molecule has 2 aromatic rings. The van der Waals surface area contributed by atoms with Crippen LogP contribution < -0.4 is 10.4 Å². The van der Waals surface area contributed by atoms with Crippen LogP contribution >= 0.6 is 0 Å². The summed E-state index contributed by atoms with van der Waals surface area (Å²) in [6.07, 6.45) is 3.71. The van der Waals surface area contributed by atoms with Crippen LogP contribution in [-0.4, -0.2) is 17.1 Å². The molecule has 1 heterocycles. The van der Waals surface area contributed by atoms with E-state index in [-0.39, 0.29) is 0 Å². The zero-order valence-corrected chi connectivity index (χ0v) is 18.6. The van der Waals surface area contributed by atoms with Crippen molar-refractivity contribution in [2.24, 2.45) is 11.3 Å². The van der Waals surface area contributed by atoms with Crippen molar-refractivity contribution in [2.45, 2.75) is 86.7 Å². The molecule has 1 N–H and O–H groups in total. The van der Waals surface area contributed by atoms with E-state index in [1.807, 2.05) is 13.8 Å². The third-order valence-electron chi connectivity index (χ3n) is 5.66. The number of fused-ring (bicyclic) bond motifs is 1. The Morgan fingerprint density at radius 3 is 2.41 bits per heavy atom. The predicted molar refractivity (Wildman–Crippen MR) is 119 cm³/mol. The molecule has 0 amide bonds. The van der Waals surface area contributed by atoms with Crippen molar-refractivity contribution in [3.63, 3.8) is 0 Å². The molecule has 27 heavy (non-hydrogen) atoms. The first-order valence-corrected chi connectivity index (χ1v) is 10.7. The summed E-state index contributed by atoms with van der Waals surface area (Å²) in [6, 6.07) is 11.5. The van der Waals surface area contributed by atoms with E-state index in [1.165, 1.54) is 23.8 Å². The van der Waals surface area contributed by atoms with Gasteiger partial charge in [-0.1, -0.05) is 52.8 Å². The molecule has 1 unspecified atom stereocenters. The lowest BCUT2D eigenvalue weighted by Crippen LogP contribution is -2.49. The summed E-state index contributed by atoms with van der Waals surface area (Å²) in [5.41, 5.74) is 6.56. The molecule has 1 aromatic carbocycles. The first kappa shape index (κ1) is 21.7. The van der Waals surface area contributed by atoms with Crippen LogP contribution in [0.4, 0.5) is 5.82 Å². The Morgan fingerprint density at radius 2 is 1.85 bits per heavy atom. The molecule has 3 heteroatoms. The van der Waals surface area contributed by atoms with Gasteiger partial charge >= 0.3 is 0 Å². The molecule has 150 valence electrons. The number of para-hydroxylation sites is 1. The monoisotopic (exact) mass is 369 g/mol. The molecule has 0 saturated heterocycles. The zero-order chi connectivity index (χ0) is 20.2. The molecular formula is C24H39N3. The Kier molecular flexibility index (Phi) is 7.27. The van der Waals surface area contributed by atoms with Crippen LogP contribution in [0, 0.1) is 18.3 Å². The molecule has 1 fully saturated rings. The molecule has 1 aromatic heterocycles. The van der Waals surface area contributed by atoms with Crippen molar-refractivity contribution in [2.75, 3.05) is 5.01 Å². The minimum Gasteiger partial charge on any atom is -0.289 e. The van der Waals surface area contributed by atoms with Gasteiger partial charge in [0, 0.05) is 17.5 Å². The van der Waals surface area contributed by atoms with E-state index in [4.69, 9.17) is 4.98 Å². The maximum Gasteiger partial charge on any atom is 0.143 e. The van der Waals surface area contributed by atoms with E-state index in [0.29, 0.717) is 17.5 Å². The van der Waals surface area contributed by atoms with Crippen LogP contribution in [0.5, 0.6) is 0 Å². The van der Waals surface area contributed by atoms with Gasteiger partial charge in [-0.15, -0.1) is 0 Å². The Labute approximate surface area is 166 Å². The second kappa shape index (κ2) is 9.05. The third kappa shape index (κ3) is 5.22. The summed E-state index contributed by atoms with van der Waals surface area (Å²) in [5.74, 6) is 1.88. The van der Waals surface area contributed by atoms with Crippen LogP contribution in [0.1, 0.15) is 73.3 Å². The van der Waals surface area contributed by atoms with Gasteiger partial charge in [0.25, 0.3) is 0 Å². The maximum absolute atomic E-state index is 4.99. The molecule has 2 atom stereocenters. The van der Waals surface area contributed by atoms with Gasteiger partial charge in [-0.2, -0.15) is 0 Å². The number of hydrazine groups is 1. The lowest BCUT2D eigenvalue weighted by molar-refractivity contribution is 0.401. The molecule has 1 aliphatic rings. The fourth-order valence-electron chi connectivity index (χ4n) is 3.85. The highest BCUT2D eigenvalue weighted by molar-refractivity contribution is 5.83. The first-order chi connectivity index (χ1) is 12.8. The molecule has 0 spiro atoms. The second-order valence-corrected chi connectivity index (χ2v) is 8.66. The van der Waals surface area contributed by atoms with Gasteiger partial charge in [0.05, 0.1) is 5.52 Å². The number of aromatic nitrogens is 1. The number of hydrogen-bond donors (Lipinski definition) is 1. The van der Waals surface area contributed by atoms with Crippen molar-refractivity contribution in [3.05, 3.63) is 35.9 Å². The Morgan fingerprint density at radius 1 is 1.22 bits per heavy atom. The number of aryl methyl sites for hydroxylation is 1. The van der Waals surface area contributed by atoms with Gasteiger partial charge in [-0.05, 0) is 69.1 Å². The van der Waals surface area contributed by atoms with Gasteiger partial charge < -0.3 is 0 Å². The summed E-state index contributed by atoms with van der Waals surface area (Å²) in [5, 5.41) is 3.59. The van der Waals surface area contributed by atoms with Gasteiger partial charge in [0.2, 0.25) is 0 Å². The predicted octanol–water partition coefficient (Wildman–Crippen LogP) is 6.50. The van der Waals surface area contributed by atoms with Crippen LogP contribution in [0.3, 0.4) is 0 Å². The molecule has 3 nitrogen and oxygen atoms in total. The lowest BCUT2D eigenvalue weighted by atomic mass is 10.0. The SMILES string of the molecule is CC.CC[C@@H](CC1CC1(C)C)N(NC(C)C)c1cc(C)c2ccccc2n1. The number of pyridine rings is 1. The maximum atomic E-state index is 4.99. The standard InChI is InChI=1S/C22H33N3.C2H6/c1-7-18(13-17-14-22(17,5)6)25(24-15(2)3)21-12-16(4)19-10-8-9-11-20(19)23-21;1-2/h8-12,15,17-18,24H,7,13-14H2,1-6H3;1-2H3/t17?,18-;/m0./s1. The van der Waals surface area contributed by atoms with Crippen molar-refractivity contribution >= 4 is 16.7 Å². The van der Waals surface area contributed by atoms with Crippen molar-refractivity contribution in [1.82, 2.24) is 10.4 Å². The van der Waals surface area contributed by atoms with E-state index in [9.17, 15) is 0 Å². The quantitative estimate of drug-likeness (QED) is 0.564. The van der Waals surface area contributed by atoms with Gasteiger partial charge in [-0.25, -0.2) is 10.4 Å². The summed E-state index contributed by atoms with van der Waals surface area (Å²) in [6.45, 7) is 17.7. The molecule has 0 radical (unpaired) electrons. The number of benzene rings is 1. The van der Waals surface area contributed by atoms with Crippen LogP contribution in [0.15, 0.2) is 30.3 Å². The number of hydrogen-bond acceptors (Lipinski definition) is 3. The summed E-state index contributed by atoms with van der Waals surface area (Å²) >= 11 is 0. The number of anilines is 1. The highest BCUT2D eigenvalue weighted by Gasteiger charge is 2.46. The van der Waals surface area contributed by atoms with E-state index < -0.39 is 0 Å². The topological polar surface area (TPSA) is 28.2 Å². The van der Waals surface area contributed by atoms with Crippen LogP contribution in [0.2, 0.25) is 0 Å². The van der Waals surface area contributed by atoms with Gasteiger partial charge in [0.15, 0.2) is 0 Å². The molecule has 1 saturated carbocycles. The second-order valence-electron chi connectivity index (χ2n) is 8.66. The molecule has 0 bridgehead atoms. The highest BCUT2D eigenvalue weighted by Crippen LogP contribution is 2.54. The molecular weight excluding hydrogens is 330 g/mol. The minimum absolute atomic E-state index is 0.384. The van der Waals surface area contributed by atoms with Gasteiger partial charge in [0.1, 0.15) is 5.82 Å². The molecule has 3 rings (SSSR count). The first-order valence-electron chi connectivity index (χ1n) is 10.7. The molecule has 0 aliphatic heterocycles. The smallest absolute Gasteiger partial charge is 0.143 e. The average Bonchev–Trinajstić information content (AvgIpc) is 3.25. The fraction of sp³-hybridized carbons (Fsp3) is 0.625. The van der Waals surface area contributed by atoms with E-state index >= 15 is 0 Å². The van der Waals surface area contributed by atoms with Crippen LogP contribution in [0.25, 0.3) is 10.9 Å². The van der Waals surface area contributed by atoms with Crippen LogP contribution in [-0.2, 0) is 0 Å².